The van der Waals surface area contributed by atoms with Crippen molar-refractivity contribution in [2.75, 3.05) is 20.3 Å². The lowest BCUT2D eigenvalue weighted by Gasteiger charge is -2.47. The van der Waals surface area contributed by atoms with Crippen molar-refractivity contribution in [1.82, 2.24) is 0 Å². The fourth-order valence-electron chi connectivity index (χ4n) is 5.91. The highest BCUT2D eigenvalue weighted by Crippen LogP contribution is 2.64. The Balaban J connectivity index is 1.57. The molecule has 2 atom stereocenters. The molecular formula is C21H26O3. The van der Waals surface area contributed by atoms with E-state index in [1.165, 1.54) is 30.4 Å². The first-order valence-electron chi connectivity index (χ1n) is 9.34. The van der Waals surface area contributed by atoms with E-state index in [1.807, 2.05) is 0 Å². The van der Waals surface area contributed by atoms with Crippen LogP contribution < -0.4 is 4.74 Å². The van der Waals surface area contributed by atoms with Crippen molar-refractivity contribution in [2.24, 2.45) is 11.3 Å². The highest BCUT2D eigenvalue weighted by Gasteiger charge is 2.62. The minimum Gasteiger partial charge on any atom is -0.497 e. The van der Waals surface area contributed by atoms with E-state index in [-0.39, 0.29) is 11.2 Å². The van der Waals surface area contributed by atoms with Crippen molar-refractivity contribution >= 4 is 5.57 Å². The average Bonchev–Trinajstić information content (AvgIpc) is 3.21. The first-order chi connectivity index (χ1) is 11.7. The Morgan fingerprint density at radius 2 is 1.92 bits per heavy atom. The Morgan fingerprint density at radius 1 is 1.08 bits per heavy atom. The quantitative estimate of drug-likeness (QED) is 0.768. The van der Waals surface area contributed by atoms with Gasteiger partial charge in [0.05, 0.1) is 20.3 Å². The van der Waals surface area contributed by atoms with Crippen LogP contribution in [0.3, 0.4) is 0 Å². The van der Waals surface area contributed by atoms with Gasteiger partial charge in [-0.15, -0.1) is 0 Å². The molecule has 0 N–H and O–H groups in total. The van der Waals surface area contributed by atoms with Crippen LogP contribution in [0.4, 0.5) is 0 Å². The molecule has 4 aliphatic rings. The molecule has 0 aromatic heterocycles. The van der Waals surface area contributed by atoms with E-state index in [2.05, 4.69) is 25.1 Å². The summed E-state index contributed by atoms with van der Waals surface area (Å²) in [5, 5.41) is 0. The Bertz CT molecular complexity index is 714. The molecule has 1 saturated heterocycles. The summed E-state index contributed by atoms with van der Waals surface area (Å²) < 4.78 is 17.8. The second kappa shape index (κ2) is 5.09. The summed E-state index contributed by atoms with van der Waals surface area (Å²) in [5.41, 5.74) is 6.37. The van der Waals surface area contributed by atoms with Crippen LogP contribution in [-0.2, 0) is 15.9 Å². The van der Waals surface area contributed by atoms with Crippen LogP contribution in [0.2, 0.25) is 0 Å². The minimum absolute atomic E-state index is 0.145. The summed E-state index contributed by atoms with van der Waals surface area (Å²) in [5.74, 6) is 1.29. The number of hydrogen-bond acceptors (Lipinski definition) is 3. The zero-order chi connectivity index (χ0) is 16.4. The number of allylic oxidation sites excluding steroid dienone is 2. The van der Waals surface area contributed by atoms with E-state index in [1.54, 1.807) is 18.3 Å². The lowest BCUT2D eigenvalue weighted by molar-refractivity contribution is -0.225. The van der Waals surface area contributed by atoms with Crippen LogP contribution in [0.15, 0.2) is 23.8 Å². The molecule has 0 radical (unpaired) electrons. The molecule has 1 aromatic rings. The Morgan fingerprint density at radius 3 is 2.71 bits per heavy atom. The molecule has 1 unspecified atom stereocenters. The van der Waals surface area contributed by atoms with Gasteiger partial charge < -0.3 is 14.2 Å². The van der Waals surface area contributed by atoms with Crippen LogP contribution in [0.5, 0.6) is 5.75 Å². The number of fused-ring (bicyclic) bond motifs is 5. The van der Waals surface area contributed by atoms with Gasteiger partial charge in [-0.05, 0) is 66.9 Å². The summed E-state index contributed by atoms with van der Waals surface area (Å²) >= 11 is 0. The molecule has 0 amide bonds. The van der Waals surface area contributed by atoms with E-state index >= 15 is 0 Å². The van der Waals surface area contributed by atoms with Crippen LogP contribution in [0, 0.1) is 11.3 Å². The van der Waals surface area contributed by atoms with Gasteiger partial charge in [0, 0.05) is 11.8 Å². The largest absolute Gasteiger partial charge is 0.497 e. The standard InChI is InChI=1S/C21H26O3/c1-20-9-7-17-16-6-4-15(22-2)13-14(16)3-5-18(17)19(20)8-10-21(20)23-11-12-24-21/h4,6,13,19H,3,5,7-12H2,1-2H3/t19-,20?/m0/s1. The minimum atomic E-state index is -0.309. The average molecular weight is 326 g/mol. The molecule has 3 heteroatoms. The molecular weight excluding hydrogens is 300 g/mol. The van der Waals surface area contributed by atoms with Gasteiger partial charge in [0.15, 0.2) is 5.79 Å². The summed E-state index contributed by atoms with van der Waals surface area (Å²) in [7, 11) is 1.75. The smallest absolute Gasteiger partial charge is 0.174 e. The lowest BCUT2D eigenvalue weighted by Crippen LogP contribution is -2.48. The van der Waals surface area contributed by atoms with Gasteiger partial charge in [-0.1, -0.05) is 18.6 Å². The Labute approximate surface area is 144 Å². The second-order valence-corrected chi connectivity index (χ2v) is 7.99. The highest BCUT2D eigenvalue weighted by molar-refractivity contribution is 5.75. The zero-order valence-corrected chi connectivity index (χ0v) is 14.7. The van der Waals surface area contributed by atoms with E-state index in [9.17, 15) is 0 Å². The van der Waals surface area contributed by atoms with Crippen LogP contribution in [-0.4, -0.2) is 26.1 Å². The van der Waals surface area contributed by atoms with Gasteiger partial charge in [0.2, 0.25) is 0 Å². The maximum absolute atomic E-state index is 6.19. The topological polar surface area (TPSA) is 27.7 Å². The molecule has 1 saturated carbocycles. The van der Waals surface area contributed by atoms with Crippen molar-refractivity contribution < 1.29 is 14.2 Å². The molecule has 3 nitrogen and oxygen atoms in total. The Kier molecular flexibility index (Phi) is 3.18. The monoisotopic (exact) mass is 326 g/mol. The van der Waals surface area contributed by atoms with Crippen molar-refractivity contribution in [2.45, 2.75) is 51.2 Å². The fourth-order valence-corrected chi connectivity index (χ4v) is 5.91. The van der Waals surface area contributed by atoms with Crippen LogP contribution >= 0.6 is 0 Å². The SMILES string of the molecule is COc1ccc2c(c1)CCC1=C2CCC2(C)[C@H]1CCC21OCCO1. The predicted molar refractivity (Wildman–Crippen MR) is 92.9 cm³/mol. The fraction of sp³-hybridized carbons (Fsp3) is 0.619. The van der Waals surface area contributed by atoms with Crippen molar-refractivity contribution in [1.29, 1.82) is 0 Å². The molecule has 1 aromatic carbocycles. The zero-order valence-electron chi connectivity index (χ0n) is 14.7. The summed E-state index contributed by atoms with van der Waals surface area (Å²) in [6.45, 7) is 3.94. The molecule has 2 fully saturated rings. The number of benzene rings is 1. The number of ether oxygens (including phenoxy) is 3. The molecule has 1 heterocycles. The molecule has 5 rings (SSSR count). The number of aryl methyl sites for hydroxylation is 1. The van der Waals surface area contributed by atoms with E-state index < -0.39 is 0 Å². The second-order valence-electron chi connectivity index (χ2n) is 7.99. The summed E-state index contributed by atoms with van der Waals surface area (Å²) in [4.78, 5) is 0. The summed E-state index contributed by atoms with van der Waals surface area (Å²) in [6, 6.07) is 6.62. The molecule has 128 valence electrons. The van der Waals surface area contributed by atoms with Crippen molar-refractivity contribution in [3.63, 3.8) is 0 Å². The molecule has 1 aliphatic heterocycles. The van der Waals surface area contributed by atoms with Gasteiger partial charge in [-0.2, -0.15) is 0 Å². The predicted octanol–water partition coefficient (Wildman–Crippen LogP) is 4.35. The summed E-state index contributed by atoms with van der Waals surface area (Å²) in [6.07, 6.45) is 6.90. The third kappa shape index (κ3) is 1.80. The first-order valence-corrected chi connectivity index (χ1v) is 9.34. The van der Waals surface area contributed by atoms with Crippen LogP contribution in [0.25, 0.3) is 5.57 Å². The lowest BCUT2D eigenvalue weighted by atomic mass is 9.61. The van der Waals surface area contributed by atoms with Gasteiger partial charge in [0.25, 0.3) is 0 Å². The maximum Gasteiger partial charge on any atom is 0.174 e. The third-order valence-electron chi connectivity index (χ3n) is 7.16. The van der Waals surface area contributed by atoms with Crippen molar-refractivity contribution in [3.05, 3.63) is 34.9 Å². The normalized spacial score (nSPS) is 33.3. The van der Waals surface area contributed by atoms with E-state index in [4.69, 9.17) is 14.2 Å². The Hall–Kier alpha value is -1.32. The molecule has 1 spiro atoms. The van der Waals surface area contributed by atoms with Crippen LogP contribution in [0.1, 0.15) is 50.2 Å². The van der Waals surface area contributed by atoms with E-state index in [0.717, 1.165) is 38.2 Å². The number of rotatable bonds is 1. The van der Waals surface area contributed by atoms with Gasteiger partial charge in [-0.3, -0.25) is 0 Å². The van der Waals surface area contributed by atoms with E-state index in [0.29, 0.717) is 5.92 Å². The molecule has 3 aliphatic carbocycles. The first kappa shape index (κ1) is 15.0. The maximum atomic E-state index is 6.19. The van der Waals surface area contributed by atoms with Gasteiger partial charge >= 0.3 is 0 Å². The number of hydrogen-bond donors (Lipinski definition) is 0. The molecule has 0 bridgehead atoms. The highest BCUT2D eigenvalue weighted by atomic mass is 16.7. The van der Waals surface area contributed by atoms with Gasteiger partial charge in [0.1, 0.15) is 5.75 Å². The van der Waals surface area contributed by atoms with Gasteiger partial charge in [-0.25, -0.2) is 0 Å². The molecule has 24 heavy (non-hydrogen) atoms. The third-order valence-corrected chi connectivity index (χ3v) is 7.16. The number of methoxy groups -OCH3 is 1. The van der Waals surface area contributed by atoms with Crippen molar-refractivity contribution in [3.8, 4) is 5.75 Å².